The van der Waals surface area contributed by atoms with E-state index >= 15 is 0 Å². The molecule has 1 aromatic carbocycles. The Kier molecular flexibility index (Phi) is 5.08. The van der Waals surface area contributed by atoms with E-state index in [1.807, 2.05) is 46.7 Å². The molecular formula is C18H20N2O2S. The van der Waals surface area contributed by atoms with E-state index in [-0.39, 0.29) is 11.8 Å². The molecule has 1 N–H and O–H groups in total. The van der Waals surface area contributed by atoms with E-state index in [0.29, 0.717) is 4.88 Å². The summed E-state index contributed by atoms with van der Waals surface area (Å²) in [5.41, 5.74) is 0.827. The molecule has 1 saturated heterocycles. The SMILES string of the molecule is O=C(N[C@H](C(=O)N1CCCCC1)c1ccccc1)c1cccs1. The highest BCUT2D eigenvalue weighted by Gasteiger charge is 2.28. The zero-order valence-corrected chi connectivity index (χ0v) is 13.7. The summed E-state index contributed by atoms with van der Waals surface area (Å²) in [5, 5.41) is 4.77. The molecule has 23 heavy (non-hydrogen) atoms. The number of amides is 2. The van der Waals surface area contributed by atoms with Crippen molar-refractivity contribution in [2.45, 2.75) is 25.3 Å². The number of carbonyl (C=O) groups excluding carboxylic acids is 2. The van der Waals surface area contributed by atoms with Crippen molar-refractivity contribution < 1.29 is 9.59 Å². The van der Waals surface area contributed by atoms with E-state index in [0.717, 1.165) is 31.5 Å². The molecule has 1 aliphatic rings. The molecule has 1 aliphatic heterocycles. The van der Waals surface area contributed by atoms with Gasteiger partial charge in [-0.25, -0.2) is 0 Å². The van der Waals surface area contributed by atoms with Gasteiger partial charge in [0, 0.05) is 13.1 Å². The van der Waals surface area contributed by atoms with Crippen molar-refractivity contribution in [2.75, 3.05) is 13.1 Å². The monoisotopic (exact) mass is 328 g/mol. The number of thiophene rings is 1. The number of likely N-dealkylation sites (tertiary alicyclic amines) is 1. The van der Waals surface area contributed by atoms with E-state index in [1.54, 1.807) is 6.07 Å². The maximum absolute atomic E-state index is 12.9. The first kappa shape index (κ1) is 15.7. The average Bonchev–Trinajstić information content (AvgIpc) is 3.15. The van der Waals surface area contributed by atoms with Crippen LogP contribution in [0.15, 0.2) is 47.8 Å². The Balaban J connectivity index is 1.81. The topological polar surface area (TPSA) is 49.4 Å². The number of hydrogen-bond donors (Lipinski definition) is 1. The molecule has 0 unspecified atom stereocenters. The fraction of sp³-hybridized carbons (Fsp3) is 0.333. The molecule has 1 aromatic heterocycles. The van der Waals surface area contributed by atoms with Crippen LogP contribution in [0.5, 0.6) is 0 Å². The van der Waals surface area contributed by atoms with Crippen LogP contribution in [-0.4, -0.2) is 29.8 Å². The van der Waals surface area contributed by atoms with Crippen LogP contribution in [0.3, 0.4) is 0 Å². The molecule has 3 rings (SSSR count). The summed E-state index contributed by atoms with van der Waals surface area (Å²) in [7, 11) is 0. The van der Waals surface area contributed by atoms with Gasteiger partial charge in [0.05, 0.1) is 4.88 Å². The predicted octanol–water partition coefficient (Wildman–Crippen LogP) is 3.23. The lowest BCUT2D eigenvalue weighted by atomic mass is 10.0. The summed E-state index contributed by atoms with van der Waals surface area (Å²) in [6, 6.07) is 12.5. The van der Waals surface area contributed by atoms with Crippen molar-refractivity contribution in [1.82, 2.24) is 10.2 Å². The van der Waals surface area contributed by atoms with E-state index < -0.39 is 6.04 Å². The molecule has 0 saturated carbocycles. The summed E-state index contributed by atoms with van der Waals surface area (Å²) in [6.07, 6.45) is 3.24. The van der Waals surface area contributed by atoms with Gasteiger partial charge in [0.1, 0.15) is 6.04 Å². The van der Waals surface area contributed by atoms with Crippen LogP contribution < -0.4 is 5.32 Å². The van der Waals surface area contributed by atoms with Gasteiger partial charge in [-0.3, -0.25) is 9.59 Å². The first-order valence-electron chi connectivity index (χ1n) is 7.94. The predicted molar refractivity (Wildman–Crippen MR) is 91.4 cm³/mol. The van der Waals surface area contributed by atoms with Crippen LogP contribution in [0.2, 0.25) is 0 Å². The molecule has 120 valence electrons. The second kappa shape index (κ2) is 7.42. The van der Waals surface area contributed by atoms with Gasteiger partial charge in [0.25, 0.3) is 5.91 Å². The van der Waals surface area contributed by atoms with Gasteiger partial charge in [0.15, 0.2) is 0 Å². The van der Waals surface area contributed by atoms with Gasteiger partial charge in [-0.1, -0.05) is 36.4 Å². The fourth-order valence-corrected chi connectivity index (χ4v) is 3.47. The molecule has 2 heterocycles. The first-order chi connectivity index (χ1) is 11.3. The quantitative estimate of drug-likeness (QED) is 0.937. The second-order valence-corrected chi connectivity index (χ2v) is 6.63. The van der Waals surface area contributed by atoms with E-state index in [4.69, 9.17) is 0 Å². The number of piperidine rings is 1. The second-order valence-electron chi connectivity index (χ2n) is 5.68. The summed E-state index contributed by atoms with van der Waals surface area (Å²) in [5.74, 6) is -0.208. The Morgan fingerprint density at radius 2 is 1.74 bits per heavy atom. The molecule has 0 bridgehead atoms. The maximum atomic E-state index is 12.9. The molecule has 4 nitrogen and oxygen atoms in total. The van der Waals surface area contributed by atoms with Crippen LogP contribution in [0.25, 0.3) is 0 Å². The van der Waals surface area contributed by atoms with E-state index in [2.05, 4.69) is 5.32 Å². The zero-order chi connectivity index (χ0) is 16.1. The van der Waals surface area contributed by atoms with Crippen LogP contribution in [-0.2, 0) is 4.79 Å². The lowest BCUT2D eigenvalue weighted by Gasteiger charge is -2.31. The fourth-order valence-electron chi connectivity index (χ4n) is 2.84. The van der Waals surface area contributed by atoms with Gasteiger partial charge in [-0.05, 0) is 36.3 Å². The van der Waals surface area contributed by atoms with E-state index in [9.17, 15) is 9.59 Å². The van der Waals surface area contributed by atoms with Crippen molar-refractivity contribution in [3.8, 4) is 0 Å². The number of carbonyl (C=O) groups is 2. The third kappa shape index (κ3) is 3.79. The summed E-state index contributed by atoms with van der Waals surface area (Å²) in [4.78, 5) is 27.8. The Morgan fingerprint density at radius 1 is 1.00 bits per heavy atom. The number of rotatable bonds is 4. The molecule has 1 fully saturated rings. The number of nitrogens with one attached hydrogen (secondary N) is 1. The van der Waals surface area contributed by atoms with Crippen molar-refractivity contribution in [3.05, 3.63) is 58.3 Å². The largest absolute Gasteiger partial charge is 0.341 e. The highest BCUT2D eigenvalue weighted by molar-refractivity contribution is 7.12. The number of hydrogen-bond acceptors (Lipinski definition) is 3. The molecule has 2 amide bonds. The zero-order valence-electron chi connectivity index (χ0n) is 12.9. The van der Waals surface area contributed by atoms with Crippen LogP contribution >= 0.6 is 11.3 Å². The summed E-state index contributed by atoms with van der Waals surface area (Å²) >= 11 is 1.38. The third-order valence-corrected chi connectivity index (χ3v) is 4.94. The van der Waals surface area contributed by atoms with Gasteiger partial charge in [-0.2, -0.15) is 0 Å². The molecule has 0 radical (unpaired) electrons. The van der Waals surface area contributed by atoms with Crippen molar-refractivity contribution in [1.29, 1.82) is 0 Å². The van der Waals surface area contributed by atoms with Gasteiger partial charge in [0.2, 0.25) is 5.91 Å². The minimum atomic E-state index is -0.621. The molecular weight excluding hydrogens is 308 g/mol. The molecule has 2 aromatic rings. The summed E-state index contributed by atoms with van der Waals surface area (Å²) < 4.78 is 0. The lowest BCUT2D eigenvalue weighted by molar-refractivity contribution is -0.134. The Labute approximate surface area is 140 Å². The molecule has 5 heteroatoms. The molecule has 0 spiro atoms. The standard InChI is InChI=1S/C18H20N2O2S/c21-17(15-10-7-13-23-15)19-16(14-8-3-1-4-9-14)18(22)20-11-5-2-6-12-20/h1,3-4,7-10,13,16H,2,5-6,11-12H2,(H,19,21)/t16-/m0/s1. The Morgan fingerprint density at radius 3 is 2.39 bits per heavy atom. The van der Waals surface area contributed by atoms with Gasteiger partial charge < -0.3 is 10.2 Å². The van der Waals surface area contributed by atoms with Crippen LogP contribution in [0, 0.1) is 0 Å². The smallest absolute Gasteiger partial charge is 0.262 e. The highest BCUT2D eigenvalue weighted by Crippen LogP contribution is 2.20. The van der Waals surface area contributed by atoms with Gasteiger partial charge in [-0.15, -0.1) is 11.3 Å². The normalized spacial score (nSPS) is 15.9. The van der Waals surface area contributed by atoms with Crippen molar-refractivity contribution >= 4 is 23.2 Å². The highest BCUT2D eigenvalue weighted by atomic mass is 32.1. The van der Waals surface area contributed by atoms with Crippen molar-refractivity contribution in [3.63, 3.8) is 0 Å². The third-order valence-electron chi connectivity index (χ3n) is 4.07. The number of benzene rings is 1. The minimum absolute atomic E-state index is 0.0131. The van der Waals surface area contributed by atoms with Gasteiger partial charge >= 0.3 is 0 Å². The van der Waals surface area contributed by atoms with E-state index in [1.165, 1.54) is 17.8 Å². The molecule has 0 aliphatic carbocycles. The minimum Gasteiger partial charge on any atom is -0.341 e. The first-order valence-corrected chi connectivity index (χ1v) is 8.82. The number of nitrogens with zero attached hydrogens (tertiary/aromatic N) is 1. The lowest BCUT2D eigenvalue weighted by Crippen LogP contribution is -2.44. The van der Waals surface area contributed by atoms with Crippen molar-refractivity contribution in [2.24, 2.45) is 0 Å². The van der Waals surface area contributed by atoms with Crippen LogP contribution in [0.4, 0.5) is 0 Å². The Bertz CT molecular complexity index is 649. The molecule has 1 atom stereocenters. The average molecular weight is 328 g/mol. The van der Waals surface area contributed by atoms with Crippen LogP contribution in [0.1, 0.15) is 40.5 Å². The Hall–Kier alpha value is -2.14. The summed E-state index contributed by atoms with van der Waals surface area (Å²) in [6.45, 7) is 1.55. The maximum Gasteiger partial charge on any atom is 0.262 e.